The topological polar surface area (TPSA) is 41.1 Å². The molecule has 0 saturated heterocycles. The molecule has 0 bridgehead atoms. The summed E-state index contributed by atoms with van der Waals surface area (Å²) >= 11 is 0. The van der Waals surface area contributed by atoms with Crippen molar-refractivity contribution in [2.24, 2.45) is 0 Å². The van der Waals surface area contributed by atoms with E-state index in [1.165, 1.54) is 23.3 Å². The second kappa shape index (κ2) is 5.66. The normalized spacial score (nSPS) is 17.1. The molecular formula is C17H17FN2O. The van der Waals surface area contributed by atoms with Gasteiger partial charge in [0.15, 0.2) is 0 Å². The quantitative estimate of drug-likeness (QED) is 0.890. The molecule has 0 aliphatic carbocycles. The van der Waals surface area contributed by atoms with E-state index in [-0.39, 0.29) is 17.8 Å². The monoisotopic (exact) mass is 284 g/mol. The summed E-state index contributed by atoms with van der Waals surface area (Å²) in [4.78, 5) is 12.3. The first-order valence-electron chi connectivity index (χ1n) is 7.00. The molecule has 2 aromatic rings. The Morgan fingerprint density at radius 3 is 2.76 bits per heavy atom. The molecule has 108 valence electrons. The molecule has 0 fully saturated rings. The molecule has 1 atom stereocenters. The van der Waals surface area contributed by atoms with Gasteiger partial charge in [0.25, 0.3) is 0 Å². The lowest BCUT2D eigenvalue weighted by Gasteiger charge is -2.25. The van der Waals surface area contributed by atoms with Gasteiger partial charge in [0.2, 0.25) is 5.91 Å². The Morgan fingerprint density at radius 1 is 1.24 bits per heavy atom. The zero-order valence-electron chi connectivity index (χ0n) is 11.8. The third-order valence-electron chi connectivity index (χ3n) is 3.71. The number of carbonyl (C=O) groups excluding carboxylic acids is 1. The number of carbonyl (C=O) groups is 1. The fraction of sp³-hybridized carbons (Fsp3) is 0.235. The SMILES string of the molecule is Cc1cc(F)cc(NC(=O)[C@@H]2Cc3ccccc3CN2)c1. The molecule has 2 N–H and O–H groups in total. The molecule has 1 aliphatic heterocycles. The third kappa shape index (κ3) is 3.11. The van der Waals surface area contributed by atoms with Crippen LogP contribution in [-0.4, -0.2) is 11.9 Å². The van der Waals surface area contributed by atoms with Crippen LogP contribution in [0.4, 0.5) is 10.1 Å². The molecule has 0 unspecified atom stereocenters. The Kier molecular flexibility index (Phi) is 3.71. The lowest BCUT2D eigenvalue weighted by molar-refractivity contribution is -0.118. The highest BCUT2D eigenvalue weighted by Gasteiger charge is 2.23. The van der Waals surface area contributed by atoms with Gasteiger partial charge in [-0.2, -0.15) is 0 Å². The van der Waals surface area contributed by atoms with E-state index in [1.807, 2.05) is 18.2 Å². The van der Waals surface area contributed by atoms with Gasteiger partial charge in [0.05, 0.1) is 6.04 Å². The van der Waals surface area contributed by atoms with E-state index in [0.717, 1.165) is 5.56 Å². The Hall–Kier alpha value is -2.20. The third-order valence-corrected chi connectivity index (χ3v) is 3.71. The van der Waals surface area contributed by atoms with Crippen LogP contribution in [-0.2, 0) is 17.8 Å². The van der Waals surface area contributed by atoms with Crippen molar-refractivity contribution in [1.29, 1.82) is 0 Å². The van der Waals surface area contributed by atoms with Gasteiger partial charge in [-0.1, -0.05) is 24.3 Å². The van der Waals surface area contributed by atoms with Gasteiger partial charge in [0, 0.05) is 12.2 Å². The first-order chi connectivity index (χ1) is 10.1. The maximum atomic E-state index is 13.4. The summed E-state index contributed by atoms with van der Waals surface area (Å²) in [5.74, 6) is -0.471. The fourth-order valence-electron chi connectivity index (χ4n) is 2.68. The predicted molar refractivity (Wildman–Crippen MR) is 80.5 cm³/mol. The van der Waals surface area contributed by atoms with Crippen molar-refractivity contribution >= 4 is 11.6 Å². The van der Waals surface area contributed by atoms with Crippen LogP contribution < -0.4 is 10.6 Å². The van der Waals surface area contributed by atoms with Crippen molar-refractivity contribution in [3.05, 3.63) is 65.0 Å². The number of rotatable bonds is 2. The number of benzene rings is 2. The van der Waals surface area contributed by atoms with E-state index in [1.54, 1.807) is 13.0 Å². The lowest BCUT2D eigenvalue weighted by Crippen LogP contribution is -2.44. The van der Waals surface area contributed by atoms with Crippen LogP contribution in [0.25, 0.3) is 0 Å². The zero-order valence-corrected chi connectivity index (χ0v) is 11.8. The molecule has 21 heavy (non-hydrogen) atoms. The average molecular weight is 284 g/mol. The van der Waals surface area contributed by atoms with Crippen LogP contribution in [0.15, 0.2) is 42.5 Å². The van der Waals surface area contributed by atoms with Crippen molar-refractivity contribution in [2.45, 2.75) is 25.9 Å². The fourth-order valence-corrected chi connectivity index (χ4v) is 2.68. The summed E-state index contributed by atoms with van der Waals surface area (Å²) in [7, 11) is 0. The summed E-state index contributed by atoms with van der Waals surface area (Å²) < 4.78 is 13.4. The molecule has 0 saturated carbocycles. The van der Waals surface area contributed by atoms with Crippen molar-refractivity contribution in [1.82, 2.24) is 5.32 Å². The molecule has 0 aromatic heterocycles. The van der Waals surface area contributed by atoms with Gasteiger partial charge < -0.3 is 10.6 Å². The second-order valence-corrected chi connectivity index (χ2v) is 5.41. The van der Waals surface area contributed by atoms with Crippen molar-refractivity contribution in [3.8, 4) is 0 Å². The number of hydrogen-bond acceptors (Lipinski definition) is 2. The van der Waals surface area contributed by atoms with E-state index in [0.29, 0.717) is 18.7 Å². The molecule has 1 aliphatic rings. The Labute approximate surface area is 123 Å². The highest BCUT2D eigenvalue weighted by atomic mass is 19.1. The average Bonchev–Trinajstić information content (AvgIpc) is 2.45. The lowest BCUT2D eigenvalue weighted by atomic mass is 9.95. The van der Waals surface area contributed by atoms with Crippen LogP contribution >= 0.6 is 0 Å². The number of halogens is 1. The minimum atomic E-state index is -0.341. The number of fused-ring (bicyclic) bond motifs is 1. The number of amides is 1. The van der Waals surface area contributed by atoms with E-state index in [2.05, 4.69) is 16.7 Å². The van der Waals surface area contributed by atoms with Gasteiger partial charge in [0.1, 0.15) is 5.82 Å². The Balaban J connectivity index is 1.72. The van der Waals surface area contributed by atoms with Gasteiger partial charge in [-0.05, 0) is 48.2 Å². The summed E-state index contributed by atoms with van der Waals surface area (Å²) in [5.41, 5.74) is 3.69. The van der Waals surface area contributed by atoms with E-state index < -0.39 is 0 Å². The Morgan fingerprint density at radius 2 is 2.00 bits per heavy atom. The first-order valence-corrected chi connectivity index (χ1v) is 7.00. The van der Waals surface area contributed by atoms with Crippen LogP contribution in [0.5, 0.6) is 0 Å². The zero-order chi connectivity index (χ0) is 14.8. The number of nitrogens with one attached hydrogen (secondary N) is 2. The molecule has 0 spiro atoms. The van der Waals surface area contributed by atoms with Crippen LogP contribution in [0.2, 0.25) is 0 Å². The maximum Gasteiger partial charge on any atom is 0.241 e. The summed E-state index contributed by atoms with van der Waals surface area (Å²) in [6, 6.07) is 12.3. The minimum absolute atomic E-state index is 0.130. The van der Waals surface area contributed by atoms with E-state index in [9.17, 15) is 9.18 Å². The van der Waals surface area contributed by atoms with Gasteiger partial charge >= 0.3 is 0 Å². The number of anilines is 1. The summed E-state index contributed by atoms with van der Waals surface area (Å²) in [5, 5.41) is 6.00. The van der Waals surface area contributed by atoms with E-state index in [4.69, 9.17) is 0 Å². The molecule has 3 rings (SSSR count). The van der Waals surface area contributed by atoms with Crippen molar-refractivity contribution in [2.75, 3.05) is 5.32 Å². The summed E-state index contributed by atoms with van der Waals surface area (Å²) in [6.45, 7) is 2.48. The molecule has 4 heteroatoms. The maximum absolute atomic E-state index is 13.4. The second-order valence-electron chi connectivity index (χ2n) is 5.41. The highest BCUT2D eigenvalue weighted by Crippen LogP contribution is 2.18. The molecular weight excluding hydrogens is 267 g/mol. The number of aryl methyl sites for hydroxylation is 1. The molecule has 2 aromatic carbocycles. The van der Waals surface area contributed by atoms with E-state index >= 15 is 0 Å². The van der Waals surface area contributed by atoms with Crippen LogP contribution in [0, 0.1) is 12.7 Å². The van der Waals surface area contributed by atoms with Crippen LogP contribution in [0.1, 0.15) is 16.7 Å². The van der Waals surface area contributed by atoms with Gasteiger partial charge in [-0.3, -0.25) is 4.79 Å². The first kappa shape index (κ1) is 13.8. The molecule has 1 amide bonds. The van der Waals surface area contributed by atoms with Crippen molar-refractivity contribution in [3.63, 3.8) is 0 Å². The molecule has 1 heterocycles. The molecule has 0 radical (unpaired) electrons. The standard InChI is InChI=1S/C17H17FN2O/c1-11-6-14(18)9-15(7-11)20-17(21)16-8-12-4-2-3-5-13(12)10-19-16/h2-7,9,16,19H,8,10H2,1H3,(H,20,21)/t16-/m0/s1. The molecule has 3 nitrogen and oxygen atoms in total. The van der Waals surface area contributed by atoms with Gasteiger partial charge in [-0.25, -0.2) is 4.39 Å². The number of hydrogen-bond donors (Lipinski definition) is 2. The Bertz CT molecular complexity index is 664. The van der Waals surface area contributed by atoms with Crippen LogP contribution in [0.3, 0.4) is 0 Å². The summed E-state index contributed by atoms with van der Waals surface area (Å²) in [6.07, 6.45) is 0.649. The highest BCUT2D eigenvalue weighted by molar-refractivity contribution is 5.95. The largest absolute Gasteiger partial charge is 0.325 e. The van der Waals surface area contributed by atoms with Crippen molar-refractivity contribution < 1.29 is 9.18 Å². The van der Waals surface area contributed by atoms with Gasteiger partial charge in [-0.15, -0.1) is 0 Å². The smallest absolute Gasteiger partial charge is 0.241 e. The minimum Gasteiger partial charge on any atom is -0.325 e. The predicted octanol–water partition coefficient (Wildman–Crippen LogP) is 2.79.